The number of halogens is 1. The largest absolute Gasteiger partial charge is 0.464 e. The smallest absolute Gasteiger partial charge is 0.375 e. The number of nitrogens with two attached hydrogens (primary N) is 1. The summed E-state index contributed by atoms with van der Waals surface area (Å²) in [6.07, 6.45) is 4.73. The van der Waals surface area contributed by atoms with E-state index in [-0.39, 0.29) is 11.1 Å². The van der Waals surface area contributed by atoms with Crippen LogP contribution in [0.4, 0.5) is 0 Å². The number of ketones is 1. The van der Waals surface area contributed by atoms with Crippen molar-refractivity contribution in [2.45, 2.75) is 31.6 Å². The molecular weight excluding hydrogens is 400 g/mol. The molecule has 1 aromatic rings. The molecule has 0 aromatic carbocycles. The predicted octanol–water partition coefficient (Wildman–Crippen LogP) is 2.46. The van der Waals surface area contributed by atoms with Gasteiger partial charge in [0.15, 0.2) is 5.69 Å². The second kappa shape index (κ2) is 11.2. The van der Waals surface area contributed by atoms with Crippen LogP contribution in [0.25, 0.3) is 0 Å². The highest BCUT2D eigenvalue weighted by Crippen LogP contribution is 2.41. The number of thiazole rings is 1. The zero-order valence-corrected chi connectivity index (χ0v) is 16.7. The molecule has 2 N–H and O–H groups in total. The molecule has 1 aromatic heterocycles. The van der Waals surface area contributed by atoms with E-state index in [2.05, 4.69) is 26.7 Å². The van der Waals surface area contributed by atoms with E-state index in [9.17, 15) is 14.4 Å². The Morgan fingerprint density at radius 2 is 2.00 bits per heavy atom. The number of aromatic nitrogens is 1. The van der Waals surface area contributed by atoms with Gasteiger partial charge in [0.05, 0.1) is 32.8 Å². The number of hydrogen-bond donors (Lipinski definition) is 1. The Morgan fingerprint density at radius 3 is 2.31 bits per heavy atom. The van der Waals surface area contributed by atoms with Gasteiger partial charge in [0, 0.05) is 17.2 Å². The van der Waals surface area contributed by atoms with Crippen LogP contribution < -0.4 is 5.73 Å². The quantitative estimate of drug-likeness (QED) is 0.333. The summed E-state index contributed by atoms with van der Waals surface area (Å²) in [5.74, 6) is -3.07. The Hall–Kier alpha value is -1.58. The summed E-state index contributed by atoms with van der Waals surface area (Å²) in [4.78, 5) is 36.4. The third-order valence-corrected chi connectivity index (χ3v) is 4.71. The molecule has 1 heterocycles. The fourth-order valence-electron chi connectivity index (χ4n) is 1.46. The minimum Gasteiger partial charge on any atom is -0.464 e. The van der Waals surface area contributed by atoms with Gasteiger partial charge in [-0.3, -0.25) is 4.79 Å². The zero-order chi connectivity index (χ0) is 21.4. The summed E-state index contributed by atoms with van der Waals surface area (Å²) in [7, 11) is 2.36. The maximum absolute atomic E-state index is 11.1. The molecule has 3 rings (SSSR count). The Balaban J connectivity index is 0.000000228. The Kier molecular flexibility index (Phi) is 8.27. The van der Waals surface area contributed by atoms with Crippen molar-refractivity contribution in [3.05, 3.63) is 16.1 Å². The standard InChI is InChI=1S/C8H9NO2S.C4H5ClO3.C4H7NS/c1-11-8(10)6-4-12-7(9-6)5-2-3-5;1-8-4(7)3(6)2-5;5-4(6)3-1-2-3/h4-5H,2-3H2,1H3;2H2,1H3;3H,1-2H2,(H2,5,6)/i4D;2D;. The monoisotopic (exact) mass is 422 g/mol. The van der Waals surface area contributed by atoms with E-state index in [1.54, 1.807) is 0 Å². The number of carbonyl (C=O) groups is 3. The molecule has 0 aliphatic heterocycles. The average molecular weight is 423 g/mol. The molecular formula is C16H21ClN2O5S2. The number of alkyl halides is 1. The van der Waals surface area contributed by atoms with Crippen molar-refractivity contribution in [2.24, 2.45) is 11.7 Å². The first-order valence-corrected chi connectivity index (χ1v) is 9.31. The summed E-state index contributed by atoms with van der Waals surface area (Å²) in [6.45, 7) is 0. The van der Waals surface area contributed by atoms with Gasteiger partial charge in [0.1, 0.15) is 0 Å². The van der Waals surface area contributed by atoms with E-state index in [0.29, 0.717) is 16.8 Å². The number of thiocarbonyl (C=S) groups is 1. The second-order valence-corrected chi connectivity index (χ2v) is 6.93. The average Bonchev–Trinajstić information content (AvgIpc) is 3.57. The maximum Gasteiger partial charge on any atom is 0.375 e. The van der Waals surface area contributed by atoms with Crippen LogP contribution in [0.3, 0.4) is 0 Å². The van der Waals surface area contributed by atoms with Crippen molar-refractivity contribution >= 4 is 57.9 Å². The molecule has 2 saturated carbocycles. The van der Waals surface area contributed by atoms with E-state index < -0.39 is 23.6 Å². The van der Waals surface area contributed by atoms with Crippen LogP contribution in [0, 0.1) is 5.92 Å². The number of methoxy groups -OCH3 is 2. The number of esters is 2. The van der Waals surface area contributed by atoms with Crippen LogP contribution in [0.5, 0.6) is 0 Å². The van der Waals surface area contributed by atoms with Crippen LogP contribution in [-0.2, 0) is 19.1 Å². The van der Waals surface area contributed by atoms with Crippen molar-refractivity contribution in [3.8, 4) is 0 Å². The number of rotatable bonds is 5. The first-order chi connectivity index (χ1) is 13.1. The third kappa shape index (κ3) is 8.20. The van der Waals surface area contributed by atoms with Crippen molar-refractivity contribution in [3.63, 3.8) is 0 Å². The van der Waals surface area contributed by atoms with Crippen molar-refractivity contribution in [1.29, 1.82) is 0 Å². The number of hydrogen-bond acceptors (Lipinski definition) is 8. The Morgan fingerprint density at radius 1 is 1.38 bits per heavy atom. The Bertz CT molecular complexity index is 737. The van der Waals surface area contributed by atoms with Gasteiger partial charge in [-0.15, -0.1) is 22.9 Å². The fourth-order valence-corrected chi connectivity index (χ4v) is 2.65. The lowest BCUT2D eigenvalue weighted by atomic mass is 10.4. The minimum absolute atomic E-state index is 0.161. The molecule has 7 nitrogen and oxygen atoms in total. The van der Waals surface area contributed by atoms with Gasteiger partial charge in [0.2, 0.25) is 0 Å². The molecule has 0 bridgehead atoms. The number of nitrogens with zero attached hydrogens (tertiary/aromatic N) is 1. The molecule has 10 heteroatoms. The number of carbonyl (C=O) groups excluding carboxylic acids is 3. The van der Waals surface area contributed by atoms with E-state index in [0.717, 1.165) is 25.0 Å². The lowest BCUT2D eigenvalue weighted by molar-refractivity contribution is -0.150. The van der Waals surface area contributed by atoms with Crippen LogP contribution in [0.2, 0.25) is 0 Å². The second-order valence-electron chi connectivity index (χ2n) is 5.41. The minimum atomic E-state index is -1.54. The molecule has 2 aliphatic carbocycles. The molecule has 0 saturated heterocycles. The van der Waals surface area contributed by atoms with Crippen LogP contribution >= 0.6 is 35.2 Å². The summed E-state index contributed by atoms with van der Waals surface area (Å²) in [5, 5.41) is 1.12. The Labute approximate surface area is 169 Å². The highest BCUT2D eigenvalue weighted by Gasteiger charge is 2.27. The van der Waals surface area contributed by atoms with Gasteiger partial charge in [-0.05, 0) is 25.7 Å². The van der Waals surface area contributed by atoms with E-state index in [4.69, 9.17) is 20.1 Å². The van der Waals surface area contributed by atoms with Gasteiger partial charge < -0.3 is 15.2 Å². The topological polar surface area (TPSA) is 109 Å². The molecule has 0 spiro atoms. The molecule has 1 unspecified atom stereocenters. The third-order valence-electron chi connectivity index (χ3n) is 3.25. The van der Waals surface area contributed by atoms with E-state index in [1.165, 1.54) is 31.3 Å². The molecule has 144 valence electrons. The molecule has 2 aliphatic rings. The molecule has 0 radical (unpaired) electrons. The predicted molar refractivity (Wildman–Crippen MR) is 103 cm³/mol. The van der Waals surface area contributed by atoms with Crippen molar-refractivity contribution in [1.82, 2.24) is 4.98 Å². The summed E-state index contributed by atoms with van der Waals surface area (Å²) < 4.78 is 22.5. The SMILES string of the molecule is NC(=S)C1CC1.[2H]C(Cl)C(=O)C(=O)OC.[2H]c1sc(C2CC2)nc1C(=O)OC. The van der Waals surface area contributed by atoms with Crippen molar-refractivity contribution in [2.75, 3.05) is 20.1 Å². The summed E-state index contributed by atoms with van der Waals surface area (Å²) >= 11 is 10.9. The molecule has 0 amide bonds. The lowest BCUT2D eigenvalue weighted by Gasteiger charge is -1.91. The molecule has 1 atom stereocenters. The summed E-state index contributed by atoms with van der Waals surface area (Å²) in [6, 6.07) is 0. The van der Waals surface area contributed by atoms with Crippen LogP contribution in [0.1, 0.15) is 49.8 Å². The van der Waals surface area contributed by atoms with Gasteiger partial charge in [-0.1, -0.05) is 12.2 Å². The van der Waals surface area contributed by atoms with Gasteiger partial charge in [0.25, 0.3) is 5.78 Å². The highest BCUT2D eigenvalue weighted by atomic mass is 35.5. The van der Waals surface area contributed by atoms with Crippen LogP contribution in [0.15, 0.2) is 5.36 Å². The number of ether oxygens (including phenoxy) is 2. The van der Waals surface area contributed by atoms with Gasteiger partial charge in [-0.25, -0.2) is 14.6 Å². The molecule has 2 fully saturated rings. The van der Waals surface area contributed by atoms with Gasteiger partial charge >= 0.3 is 11.9 Å². The van der Waals surface area contributed by atoms with Gasteiger partial charge in [-0.2, -0.15) is 0 Å². The fraction of sp³-hybridized carbons (Fsp3) is 0.562. The van der Waals surface area contributed by atoms with Crippen molar-refractivity contribution < 1.29 is 26.6 Å². The first kappa shape index (κ1) is 19.2. The van der Waals surface area contributed by atoms with E-state index >= 15 is 0 Å². The summed E-state index contributed by atoms with van der Waals surface area (Å²) in [5.41, 5.74) is 5.39. The highest BCUT2D eigenvalue weighted by molar-refractivity contribution is 7.80. The van der Waals surface area contributed by atoms with E-state index in [1.807, 2.05) is 0 Å². The first-order valence-electron chi connectivity index (χ1n) is 8.73. The molecule has 26 heavy (non-hydrogen) atoms. The lowest BCUT2D eigenvalue weighted by Crippen LogP contribution is -2.16. The normalized spacial score (nSPS) is 17.0. The number of Topliss-reactive ketones (excluding diaryl/α,β-unsaturated/α-hetero) is 1. The maximum atomic E-state index is 11.1. The zero-order valence-electron chi connectivity index (χ0n) is 16.3. The van der Waals surface area contributed by atoms with Crippen LogP contribution in [-0.4, -0.2) is 47.8 Å².